The minimum Gasteiger partial charge on any atom is -0.338 e. The van der Waals surface area contributed by atoms with E-state index in [1.165, 1.54) is 5.56 Å². The number of nitrogens with one attached hydrogen (secondary N) is 1. The molecule has 7 heteroatoms. The van der Waals surface area contributed by atoms with Crippen LogP contribution in [-0.2, 0) is 13.5 Å². The zero-order valence-corrected chi connectivity index (χ0v) is 14.2. The molecule has 0 aliphatic carbocycles. The summed E-state index contributed by atoms with van der Waals surface area (Å²) in [6.07, 6.45) is 1.64. The molecule has 2 atom stereocenters. The third-order valence-corrected chi connectivity index (χ3v) is 4.75. The maximum Gasteiger partial charge on any atom is 0.317 e. The summed E-state index contributed by atoms with van der Waals surface area (Å²) in [5.41, 5.74) is 1.37. The summed E-state index contributed by atoms with van der Waals surface area (Å²) in [5, 5.41) is 14.3. The number of benzene rings is 1. The Hall–Kier alpha value is -2.44. The van der Waals surface area contributed by atoms with Crippen LogP contribution in [0.2, 0.25) is 0 Å². The van der Waals surface area contributed by atoms with Crippen molar-refractivity contribution in [2.75, 3.05) is 19.6 Å². The zero-order chi connectivity index (χ0) is 16.9. The molecule has 0 saturated carbocycles. The molecule has 24 heavy (non-hydrogen) atoms. The fourth-order valence-electron chi connectivity index (χ4n) is 3.38. The highest BCUT2D eigenvalue weighted by atomic mass is 16.2. The van der Waals surface area contributed by atoms with Crippen LogP contribution < -0.4 is 5.32 Å². The smallest absolute Gasteiger partial charge is 0.317 e. The van der Waals surface area contributed by atoms with Gasteiger partial charge in [0.25, 0.3) is 0 Å². The maximum absolute atomic E-state index is 12.4. The van der Waals surface area contributed by atoms with Crippen molar-refractivity contribution < 1.29 is 4.79 Å². The zero-order valence-electron chi connectivity index (χ0n) is 14.2. The number of rotatable bonds is 4. The summed E-state index contributed by atoms with van der Waals surface area (Å²) >= 11 is 0. The van der Waals surface area contributed by atoms with Gasteiger partial charge in [-0.25, -0.2) is 9.48 Å². The van der Waals surface area contributed by atoms with E-state index in [-0.39, 0.29) is 6.03 Å². The molecule has 3 rings (SSSR count). The molecule has 2 amide bonds. The molecule has 0 spiro atoms. The lowest BCUT2D eigenvalue weighted by molar-refractivity contribution is 0.159. The first-order valence-corrected chi connectivity index (χ1v) is 8.44. The van der Waals surface area contributed by atoms with Crippen molar-refractivity contribution in [2.45, 2.75) is 25.7 Å². The van der Waals surface area contributed by atoms with E-state index in [0.717, 1.165) is 25.3 Å². The van der Waals surface area contributed by atoms with E-state index in [0.29, 0.717) is 24.8 Å². The van der Waals surface area contributed by atoms with Crippen molar-refractivity contribution in [3.05, 3.63) is 41.7 Å². The second-order valence-corrected chi connectivity index (χ2v) is 6.43. The Labute approximate surface area is 142 Å². The van der Waals surface area contributed by atoms with Crippen LogP contribution >= 0.6 is 0 Å². The molecule has 1 aliphatic heterocycles. The lowest BCUT2D eigenvalue weighted by atomic mass is 9.82. The second-order valence-electron chi connectivity index (χ2n) is 6.43. The predicted molar refractivity (Wildman–Crippen MR) is 90.4 cm³/mol. The van der Waals surface area contributed by atoms with Gasteiger partial charge in [0, 0.05) is 33.1 Å². The highest BCUT2D eigenvalue weighted by Gasteiger charge is 2.29. The molecule has 0 radical (unpaired) electrons. The molecular formula is C17H24N6O. The van der Waals surface area contributed by atoms with Crippen LogP contribution in [0.25, 0.3) is 0 Å². The Kier molecular flexibility index (Phi) is 5.08. The lowest BCUT2D eigenvalue weighted by Gasteiger charge is -2.37. The van der Waals surface area contributed by atoms with Crippen molar-refractivity contribution in [1.82, 2.24) is 30.4 Å². The first-order chi connectivity index (χ1) is 11.6. The quantitative estimate of drug-likeness (QED) is 0.925. The van der Waals surface area contributed by atoms with Crippen LogP contribution in [-0.4, -0.2) is 50.8 Å². The number of likely N-dealkylation sites (tertiary alicyclic amines) is 1. The monoisotopic (exact) mass is 328 g/mol. The van der Waals surface area contributed by atoms with Gasteiger partial charge in [-0.3, -0.25) is 0 Å². The minimum atomic E-state index is 0.00323. The Bertz CT molecular complexity index is 671. The van der Waals surface area contributed by atoms with Crippen LogP contribution in [0.5, 0.6) is 0 Å². The van der Waals surface area contributed by atoms with Crippen LogP contribution in [0.1, 0.15) is 30.7 Å². The largest absolute Gasteiger partial charge is 0.338 e. The molecule has 1 aromatic heterocycles. The average Bonchev–Trinajstić information content (AvgIpc) is 3.00. The molecule has 2 heterocycles. The molecule has 7 nitrogen and oxygen atoms in total. The van der Waals surface area contributed by atoms with E-state index in [1.54, 1.807) is 11.7 Å². The number of hydrogen-bond acceptors (Lipinski definition) is 4. The summed E-state index contributed by atoms with van der Waals surface area (Å²) in [5.74, 6) is 1.75. The number of amides is 2. The van der Waals surface area contributed by atoms with Crippen LogP contribution in [0, 0.1) is 5.92 Å². The van der Waals surface area contributed by atoms with Gasteiger partial charge in [0.1, 0.15) is 0 Å². The molecule has 0 bridgehead atoms. The number of hydrogen-bond donors (Lipinski definition) is 1. The molecule has 2 unspecified atom stereocenters. The molecular weight excluding hydrogens is 304 g/mol. The summed E-state index contributed by atoms with van der Waals surface area (Å²) < 4.78 is 1.62. The van der Waals surface area contributed by atoms with Crippen LogP contribution in [0.3, 0.4) is 0 Å². The van der Waals surface area contributed by atoms with Crippen molar-refractivity contribution >= 4 is 6.03 Å². The van der Waals surface area contributed by atoms with Crippen molar-refractivity contribution in [2.24, 2.45) is 13.0 Å². The van der Waals surface area contributed by atoms with Crippen LogP contribution in [0.4, 0.5) is 4.79 Å². The fourth-order valence-corrected chi connectivity index (χ4v) is 3.38. The van der Waals surface area contributed by atoms with Gasteiger partial charge in [-0.15, -0.1) is 5.10 Å². The highest BCUT2D eigenvalue weighted by molar-refractivity contribution is 5.74. The van der Waals surface area contributed by atoms with Crippen LogP contribution in [0.15, 0.2) is 30.3 Å². The molecule has 2 aromatic rings. The molecule has 1 fully saturated rings. The van der Waals surface area contributed by atoms with Crippen molar-refractivity contribution in [1.29, 1.82) is 0 Å². The van der Waals surface area contributed by atoms with E-state index in [1.807, 2.05) is 11.0 Å². The Morgan fingerprint density at radius 1 is 1.33 bits per heavy atom. The highest BCUT2D eigenvalue weighted by Crippen LogP contribution is 2.32. The van der Waals surface area contributed by atoms with E-state index >= 15 is 0 Å². The maximum atomic E-state index is 12.4. The number of tetrazole rings is 1. The van der Waals surface area contributed by atoms with Crippen molar-refractivity contribution in [3.63, 3.8) is 0 Å². The summed E-state index contributed by atoms with van der Waals surface area (Å²) in [6, 6.07) is 10.6. The van der Waals surface area contributed by atoms with Gasteiger partial charge in [0.2, 0.25) is 0 Å². The van der Waals surface area contributed by atoms with Gasteiger partial charge in [-0.2, -0.15) is 0 Å². The number of carbonyl (C=O) groups excluding carboxylic acids is 1. The summed E-state index contributed by atoms with van der Waals surface area (Å²) in [7, 11) is 1.80. The second kappa shape index (κ2) is 7.42. The van der Waals surface area contributed by atoms with Gasteiger partial charge in [-0.1, -0.05) is 37.3 Å². The lowest BCUT2D eigenvalue weighted by Crippen LogP contribution is -2.47. The standard InChI is InChI=1S/C17H24N6O/c1-13-12-23(11-9-15(13)14-6-4-3-5-7-14)17(24)18-10-8-16-19-20-21-22(16)2/h3-7,13,15H,8-12H2,1-2H3,(H,18,24). The number of nitrogens with zero attached hydrogens (tertiary/aromatic N) is 5. The third kappa shape index (κ3) is 3.72. The molecule has 1 aromatic carbocycles. The number of aromatic nitrogens is 4. The Morgan fingerprint density at radius 2 is 2.12 bits per heavy atom. The van der Waals surface area contributed by atoms with Gasteiger partial charge < -0.3 is 10.2 Å². The minimum absolute atomic E-state index is 0.00323. The van der Waals surface area contributed by atoms with Gasteiger partial charge >= 0.3 is 6.03 Å². The van der Waals surface area contributed by atoms with E-state index in [2.05, 4.69) is 52.0 Å². The van der Waals surface area contributed by atoms with E-state index in [9.17, 15) is 4.79 Å². The average molecular weight is 328 g/mol. The SMILES string of the molecule is CC1CN(C(=O)NCCc2nnnn2C)CCC1c1ccccc1. The van der Waals surface area contributed by atoms with E-state index < -0.39 is 0 Å². The molecule has 1 aliphatic rings. The first-order valence-electron chi connectivity index (χ1n) is 8.44. The summed E-state index contributed by atoms with van der Waals surface area (Å²) in [4.78, 5) is 14.3. The number of aryl methyl sites for hydroxylation is 1. The Morgan fingerprint density at radius 3 is 2.79 bits per heavy atom. The molecule has 1 saturated heterocycles. The van der Waals surface area contributed by atoms with Gasteiger partial charge in [-0.05, 0) is 34.2 Å². The number of piperidine rings is 1. The van der Waals surface area contributed by atoms with Gasteiger partial charge in [0.15, 0.2) is 5.82 Å². The van der Waals surface area contributed by atoms with E-state index in [4.69, 9.17) is 0 Å². The summed E-state index contributed by atoms with van der Waals surface area (Å²) in [6.45, 7) is 4.35. The van der Waals surface area contributed by atoms with Crippen molar-refractivity contribution in [3.8, 4) is 0 Å². The third-order valence-electron chi connectivity index (χ3n) is 4.75. The predicted octanol–water partition coefficient (Wildman–Crippen LogP) is 1.59. The number of urea groups is 1. The number of carbonyl (C=O) groups is 1. The fraction of sp³-hybridized carbons (Fsp3) is 0.529. The Balaban J connectivity index is 1.48. The van der Waals surface area contributed by atoms with Gasteiger partial charge in [0.05, 0.1) is 0 Å². The normalized spacial score (nSPS) is 20.8. The molecule has 128 valence electrons. The first kappa shape index (κ1) is 16.4. The molecule has 1 N–H and O–H groups in total. The topological polar surface area (TPSA) is 75.9 Å².